The number of hydrogen-bond donors (Lipinski definition) is 5. The summed E-state index contributed by atoms with van der Waals surface area (Å²) in [4.78, 5) is 24.2. The molecule has 0 fully saturated rings. The maximum Gasteiger partial charge on any atom is 0.273 e. The van der Waals surface area contributed by atoms with E-state index in [4.69, 9.17) is 47.0 Å². The highest BCUT2D eigenvalue weighted by atomic mass is 35.6. The molecule has 0 saturated heterocycles. The third-order valence-electron chi connectivity index (χ3n) is 3.55. The number of hydrogen-bond acceptors (Lipinski definition) is 4. The van der Waals surface area contributed by atoms with Crippen LogP contribution in [0.25, 0.3) is 6.08 Å². The van der Waals surface area contributed by atoms with Crippen LogP contribution in [0.5, 0.6) is 5.75 Å². The zero-order valence-corrected chi connectivity index (χ0v) is 18.3. The van der Waals surface area contributed by atoms with Crippen molar-refractivity contribution in [3.05, 3.63) is 71.8 Å². The van der Waals surface area contributed by atoms with E-state index < -0.39 is 21.8 Å². The van der Waals surface area contributed by atoms with Crippen LogP contribution in [0.3, 0.4) is 0 Å². The van der Waals surface area contributed by atoms with E-state index in [-0.39, 0.29) is 16.4 Å². The molecule has 2 amide bonds. The molecule has 0 aliphatic rings. The van der Waals surface area contributed by atoms with Gasteiger partial charge >= 0.3 is 0 Å². The van der Waals surface area contributed by atoms with Crippen molar-refractivity contribution in [2.45, 2.75) is 9.96 Å². The molecule has 0 aliphatic carbocycles. The van der Waals surface area contributed by atoms with Crippen molar-refractivity contribution in [2.24, 2.45) is 0 Å². The molecule has 2 aromatic rings. The van der Waals surface area contributed by atoms with Gasteiger partial charge in [-0.3, -0.25) is 20.4 Å². The van der Waals surface area contributed by atoms with Gasteiger partial charge in [0.15, 0.2) is 5.11 Å². The fraction of sp³-hybridized carbons (Fsp3) is 0.105. The van der Waals surface area contributed by atoms with Gasteiger partial charge in [0, 0.05) is 6.08 Å². The number of thiocarbonyl (C=S) groups is 1. The number of carbonyl (C=O) groups is 2. The number of hydrazine groups is 1. The Labute approximate surface area is 193 Å². The number of alkyl halides is 3. The first-order chi connectivity index (χ1) is 14.2. The summed E-state index contributed by atoms with van der Waals surface area (Å²) in [6.07, 6.45) is 1.66. The average molecular weight is 488 g/mol. The Kier molecular flexibility index (Phi) is 8.73. The molecule has 2 aromatic carbocycles. The fourth-order valence-electron chi connectivity index (χ4n) is 2.14. The molecule has 0 aromatic heterocycles. The summed E-state index contributed by atoms with van der Waals surface area (Å²) in [6.45, 7) is 0. The standard InChI is InChI=1S/C19H17Cl3N4O3S/c20-19(21,22)17(23-15(28)11-10-12-6-2-1-3-7-12)24-18(30)26-25-16(29)13-8-4-5-9-14(13)27/h1-11,17,27H,(H,23,28)(H,25,29)(H2,24,26,30)/b11-10+. The fourth-order valence-corrected chi connectivity index (χ4v) is 2.64. The molecule has 0 bridgehead atoms. The predicted molar refractivity (Wildman–Crippen MR) is 122 cm³/mol. The van der Waals surface area contributed by atoms with E-state index in [1.54, 1.807) is 18.2 Å². The van der Waals surface area contributed by atoms with Crippen molar-refractivity contribution < 1.29 is 14.7 Å². The van der Waals surface area contributed by atoms with Crippen LogP contribution >= 0.6 is 47.0 Å². The minimum atomic E-state index is -1.95. The molecule has 0 aliphatic heterocycles. The maximum atomic E-state index is 12.2. The van der Waals surface area contributed by atoms with Gasteiger partial charge in [0.05, 0.1) is 5.56 Å². The number of carbonyl (C=O) groups excluding carboxylic acids is 2. The van der Waals surface area contributed by atoms with Crippen LogP contribution in [-0.4, -0.2) is 32.0 Å². The number of para-hydroxylation sites is 1. The van der Waals surface area contributed by atoms with E-state index in [0.29, 0.717) is 0 Å². The third-order valence-corrected chi connectivity index (χ3v) is 4.43. The average Bonchev–Trinajstić information content (AvgIpc) is 2.70. The van der Waals surface area contributed by atoms with Gasteiger partial charge in [-0.05, 0) is 36.0 Å². The predicted octanol–water partition coefficient (Wildman–Crippen LogP) is 3.03. The van der Waals surface area contributed by atoms with E-state index in [1.165, 1.54) is 18.2 Å². The first kappa shape index (κ1) is 23.8. The second-order valence-electron chi connectivity index (χ2n) is 5.80. The molecule has 11 heteroatoms. The number of rotatable bonds is 5. The van der Waals surface area contributed by atoms with Crippen LogP contribution in [0.2, 0.25) is 0 Å². The lowest BCUT2D eigenvalue weighted by Gasteiger charge is -2.27. The monoisotopic (exact) mass is 486 g/mol. The van der Waals surface area contributed by atoms with Gasteiger partial charge in [0.2, 0.25) is 9.70 Å². The zero-order valence-electron chi connectivity index (χ0n) is 15.2. The molecule has 30 heavy (non-hydrogen) atoms. The first-order valence-electron chi connectivity index (χ1n) is 8.42. The topological polar surface area (TPSA) is 102 Å². The molecular weight excluding hydrogens is 471 g/mol. The van der Waals surface area contributed by atoms with Gasteiger partial charge in [-0.15, -0.1) is 0 Å². The quantitative estimate of drug-likeness (QED) is 0.146. The molecule has 1 atom stereocenters. The van der Waals surface area contributed by atoms with Gasteiger partial charge < -0.3 is 15.7 Å². The Hall–Kier alpha value is -2.52. The highest BCUT2D eigenvalue weighted by Crippen LogP contribution is 2.29. The molecule has 0 radical (unpaired) electrons. The molecule has 0 saturated carbocycles. The van der Waals surface area contributed by atoms with Gasteiger partial charge in [0.1, 0.15) is 11.9 Å². The summed E-state index contributed by atoms with van der Waals surface area (Å²) >= 11 is 22.8. The smallest absolute Gasteiger partial charge is 0.273 e. The largest absolute Gasteiger partial charge is 0.507 e. The second kappa shape index (κ2) is 11.0. The lowest BCUT2D eigenvalue weighted by Crippen LogP contribution is -2.59. The molecule has 5 N–H and O–H groups in total. The Morgan fingerprint density at radius 3 is 2.23 bits per heavy atom. The molecule has 1 unspecified atom stereocenters. The summed E-state index contributed by atoms with van der Waals surface area (Å²) in [5, 5.41) is 14.6. The molecule has 7 nitrogen and oxygen atoms in total. The third kappa shape index (κ3) is 7.72. The van der Waals surface area contributed by atoms with Crippen LogP contribution in [0.15, 0.2) is 60.7 Å². The second-order valence-corrected chi connectivity index (χ2v) is 8.57. The minimum Gasteiger partial charge on any atom is -0.507 e. The van der Waals surface area contributed by atoms with E-state index in [9.17, 15) is 14.7 Å². The summed E-state index contributed by atoms with van der Waals surface area (Å²) in [6, 6.07) is 15.1. The lowest BCUT2D eigenvalue weighted by molar-refractivity contribution is -0.117. The van der Waals surface area contributed by atoms with Crippen molar-refractivity contribution in [1.82, 2.24) is 21.5 Å². The number of amides is 2. The number of halogens is 3. The molecule has 158 valence electrons. The number of phenols is 1. The van der Waals surface area contributed by atoms with E-state index in [0.717, 1.165) is 5.56 Å². The van der Waals surface area contributed by atoms with Crippen molar-refractivity contribution in [1.29, 1.82) is 0 Å². The molecular formula is C19H17Cl3N4O3S. The van der Waals surface area contributed by atoms with Crippen LogP contribution in [0, 0.1) is 0 Å². The van der Waals surface area contributed by atoms with Crippen molar-refractivity contribution in [3.63, 3.8) is 0 Å². The molecule has 0 heterocycles. The Bertz CT molecular complexity index is 936. The van der Waals surface area contributed by atoms with Crippen LogP contribution in [-0.2, 0) is 4.79 Å². The summed E-state index contributed by atoms with van der Waals surface area (Å²) in [7, 11) is 0. The minimum absolute atomic E-state index is 0.0325. The number of benzene rings is 2. The van der Waals surface area contributed by atoms with E-state index in [2.05, 4.69) is 21.5 Å². The molecule has 2 rings (SSSR count). The van der Waals surface area contributed by atoms with Crippen LogP contribution in [0.1, 0.15) is 15.9 Å². The van der Waals surface area contributed by atoms with Crippen molar-refractivity contribution in [3.8, 4) is 5.75 Å². The Balaban J connectivity index is 1.93. The summed E-state index contributed by atoms with van der Waals surface area (Å²) in [5.41, 5.74) is 5.54. The Morgan fingerprint density at radius 1 is 0.967 bits per heavy atom. The SMILES string of the molecule is O=C(/C=C/c1ccccc1)NC(NC(=S)NNC(=O)c1ccccc1O)C(Cl)(Cl)Cl. The number of phenolic OH excluding ortho intramolecular Hbond substituents is 1. The van der Waals surface area contributed by atoms with Crippen molar-refractivity contribution >= 4 is 70.0 Å². The number of nitrogens with one attached hydrogen (secondary N) is 4. The summed E-state index contributed by atoms with van der Waals surface area (Å²) in [5.74, 6) is -1.38. The normalized spacial score (nSPS) is 12.1. The van der Waals surface area contributed by atoms with E-state index in [1.807, 2.05) is 30.3 Å². The van der Waals surface area contributed by atoms with Crippen molar-refractivity contribution in [2.75, 3.05) is 0 Å². The van der Waals surface area contributed by atoms with Gasteiger partial charge in [-0.2, -0.15) is 0 Å². The summed E-state index contributed by atoms with van der Waals surface area (Å²) < 4.78 is -1.95. The zero-order chi connectivity index (χ0) is 22.1. The molecule has 0 spiro atoms. The highest BCUT2D eigenvalue weighted by Gasteiger charge is 2.34. The van der Waals surface area contributed by atoms with Gasteiger partial charge in [-0.25, -0.2) is 0 Å². The van der Waals surface area contributed by atoms with Crippen LogP contribution < -0.4 is 21.5 Å². The Morgan fingerprint density at radius 2 is 1.60 bits per heavy atom. The highest BCUT2D eigenvalue weighted by molar-refractivity contribution is 7.80. The lowest BCUT2D eigenvalue weighted by atomic mass is 10.2. The van der Waals surface area contributed by atoms with Gasteiger partial charge in [0.25, 0.3) is 5.91 Å². The maximum absolute atomic E-state index is 12.2. The van der Waals surface area contributed by atoms with Crippen LogP contribution in [0.4, 0.5) is 0 Å². The first-order valence-corrected chi connectivity index (χ1v) is 9.96. The van der Waals surface area contributed by atoms with E-state index >= 15 is 0 Å². The number of aromatic hydroxyl groups is 1. The van der Waals surface area contributed by atoms with Gasteiger partial charge in [-0.1, -0.05) is 77.3 Å².